The second-order valence-corrected chi connectivity index (χ2v) is 45.2. The molecule has 3 fully saturated rings. The summed E-state index contributed by atoms with van der Waals surface area (Å²) < 4.78 is 134. The molecule has 37 nitrogen and oxygen atoms in total. The van der Waals surface area contributed by atoms with Crippen LogP contribution in [0.4, 0.5) is 5.95 Å². The predicted molar refractivity (Wildman–Crippen MR) is 521 cm³/mol. The van der Waals surface area contributed by atoms with Crippen LogP contribution in [0.15, 0.2) is 134 Å². The molecule has 0 saturated carbocycles. The quantitative estimate of drug-likeness (QED) is 0.00796. The Morgan fingerprint density at radius 2 is 1.15 bits per heavy atom. The number of aromatic nitrogens is 8. The van der Waals surface area contributed by atoms with Gasteiger partial charge in [-0.3, -0.25) is 84.9 Å². The van der Waals surface area contributed by atoms with E-state index in [0.717, 1.165) is 40.4 Å². The SMILES string of the molecule is [C-]#[N+]CCOP(=O)(OC[C@H]1O[C@@H](n2cc(C)c(=O)n(C(=O)c3cc(C)c(C)c(OCCCCCCCCCCCCCCCCCC)c3)c2=O)CC1OC(=O)CCC(C)=O)OC1C[C@H](n2cc(C)c(=O)[nH]c2=O)O[C@@H]1COP(=O)(OCC[N+]#[C-])OC1[C@@H](COC(c2ccccc2)(c2ccc(OC)cc2)c2ccc(OC)cc2)O[C@@H](n2cnc3c(=O)[nH]c(NC(=O)C(C)C)nc32)[C@H]1O[Si](C)(C)C(C)(C)C. The Hall–Kier alpha value is -10.5. The lowest BCUT2D eigenvalue weighted by atomic mass is 9.80. The van der Waals surface area contributed by atoms with Gasteiger partial charge in [-0.1, -0.05) is 192 Å². The molecule has 8 aromatic rings. The third kappa shape index (κ3) is 28.3. The number of imidazole rings is 1. The largest absolute Gasteiger partial charge is 0.497 e. The van der Waals surface area contributed by atoms with Gasteiger partial charge in [-0.15, -0.1) is 0 Å². The van der Waals surface area contributed by atoms with Gasteiger partial charge in [0.15, 0.2) is 25.7 Å². The molecule has 12 atom stereocenters. The average molecular weight is 1980 g/mol. The number of methoxy groups -OCH3 is 2. The summed E-state index contributed by atoms with van der Waals surface area (Å²) in [5.41, 5.74) is -3.34. The van der Waals surface area contributed by atoms with Crippen molar-refractivity contribution in [3.05, 3.63) is 229 Å². The van der Waals surface area contributed by atoms with Crippen molar-refractivity contribution >= 4 is 64.6 Å². The van der Waals surface area contributed by atoms with Gasteiger partial charge in [-0.05, 0) is 123 Å². The first-order valence-corrected chi connectivity index (χ1v) is 53.6. The highest BCUT2D eigenvalue weighted by Crippen LogP contribution is 2.58. The van der Waals surface area contributed by atoms with Crippen LogP contribution < -0.4 is 47.6 Å². The van der Waals surface area contributed by atoms with Crippen molar-refractivity contribution < 1.29 is 97.8 Å². The second-order valence-electron chi connectivity index (χ2n) is 37.2. The number of phosphoric acid groups is 2. The van der Waals surface area contributed by atoms with E-state index >= 15 is 13.9 Å². The van der Waals surface area contributed by atoms with E-state index in [4.69, 9.17) is 87.6 Å². The Labute approximate surface area is 810 Å². The number of amides is 1. The number of fused-ring (bicyclic) bond motifs is 1. The number of aromatic amines is 2. The van der Waals surface area contributed by atoms with Crippen LogP contribution in [0.5, 0.6) is 17.2 Å². The number of carbonyl (C=O) groups is 4. The number of anilines is 1. The summed E-state index contributed by atoms with van der Waals surface area (Å²) in [6.07, 6.45) is 6.06. The number of hydrogen-bond donors (Lipinski definition) is 3. The van der Waals surface area contributed by atoms with Crippen LogP contribution in [0.1, 0.15) is 245 Å². The van der Waals surface area contributed by atoms with Gasteiger partial charge in [0.25, 0.3) is 22.6 Å². The van der Waals surface area contributed by atoms with Crippen molar-refractivity contribution in [2.75, 3.05) is 72.3 Å². The number of H-pyrrole nitrogens is 2. The smallest absolute Gasteiger partial charge is 0.475 e. The molecule has 3 N–H and O–H groups in total. The van der Waals surface area contributed by atoms with E-state index < -0.39 is 207 Å². The number of aryl methyl sites for hydroxylation is 3. The van der Waals surface area contributed by atoms with Crippen molar-refractivity contribution in [3.63, 3.8) is 0 Å². The van der Waals surface area contributed by atoms with Crippen molar-refractivity contribution in [2.24, 2.45) is 5.92 Å². The molecule has 40 heteroatoms. The molecular formula is C99H133N11O26P2Si. The Morgan fingerprint density at radius 3 is 1.71 bits per heavy atom. The summed E-state index contributed by atoms with van der Waals surface area (Å²) in [6.45, 7) is 34.6. The number of hydrogen-bond acceptors (Lipinski definition) is 28. The first kappa shape index (κ1) is 109. The van der Waals surface area contributed by atoms with Gasteiger partial charge in [0.05, 0.1) is 53.4 Å². The van der Waals surface area contributed by atoms with Gasteiger partial charge in [-0.25, -0.2) is 36.8 Å². The Kier molecular flexibility index (Phi) is 39.4. The molecule has 7 heterocycles. The fraction of sp³-hybridized carbons (Fsp3) is 0.566. The maximum atomic E-state index is 16.7. The maximum absolute atomic E-state index is 16.7. The number of unbranched alkanes of at least 4 members (excludes halogenated alkanes) is 15. The normalized spacial score (nSPS) is 19.8. The molecule has 4 aromatic heterocycles. The Morgan fingerprint density at radius 1 is 0.612 bits per heavy atom. The standard InChI is InChI=1S/C99H133N11O26P2Si/c1-18-19-20-21-22-23-24-25-26-27-28-29-30-31-32-36-51-124-76-55-70(54-65(4)69(76)8)93(117)110-92(116)67(6)59-108(97(110)119)83-56-77(132-84(112)48-39-68(7)111)79(130-83)61-128-137(120,126-52-49-100-12)134-78-57-82(107-58-66(5)90(114)106-96(107)118)131-80(78)62-129-138(121,127-53-50-101-13)135-86-81(60-125-99(71-37-34-33-35-38-71,72-40-44-74(122-14)45-41-72)73-42-46-75(123-15)47-43-73)133-94(87(86)136-139(16,17)98(9,10)11)109-63-102-85-88(109)103-95(105-91(85)115)104-89(113)64(2)3/h33-35,37-38,40-47,54-55,58-59,63-64,77-83,86-87,94H,18-32,36,39,48-53,56-57,60-62H2,1-11,14-17H3,(H,106,114,118)(H2,103,104,105,113,115)/t77?,78?,79-,80-,81-,82-,83-,86?,87+,94-,137?,138?/m1/s1. The Bertz CT molecular complexity index is 5970. The van der Waals surface area contributed by atoms with Crippen LogP contribution in [0.3, 0.4) is 0 Å². The van der Waals surface area contributed by atoms with Crippen molar-refractivity contribution in [1.82, 2.24) is 38.2 Å². The third-order valence-electron chi connectivity index (χ3n) is 25.5. The number of ether oxygens (including phenoxy) is 8. The predicted octanol–water partition coefficient (Wildman–Crippen LogP) is 16.9. The second kappa shape index (κ2) is 50.2. The van der Waals surface area contributed by atoms with Crippen LogP contribution in [0.25, 0.3) is 20.9 Å². The molecule has 11 rings (SSSR count). The molecule has 4 aromatic carbocycles. The van der Waals surface area contributed by atoms with E-state index in [-0.39, 0.29) is 52.4 Å². The summed E-state index contributed by atoms with van der Waals surface area (Å²) in [5.74, 6) is -2.07. The summed E-state index contributed by atoms with van der Waals surface area (Å²) >= 11 is 0. The first-order chi connectivity index (χ1) is 66.4. The lowest BCUT2D eigenvalue weighted by molar-refractivity contribution is -0.153. The minimum Gasteiger partial charge on any atom is -0.497 e. The molecule has 3 aliphatic rings. The number of phosphoric ester groups is 2. The highest BCUT2D eigenvalue weighted by molar-refractivity contribution is 7.48. The molecule has 0 spiro atoms. The number of carbonyl (C=O) groups excluding carboxylic acids is 4. The highest BCUT2D eigenvalue weighted by atomic mass is 31.2. The third-order valence-corrected chi connectivity index (χ3v) is 33.0. The molecule has 3 aliphatic heterocycles. The first-order valence-electron chi connectivity index (χ1n) is 47.7. The van der Waals surface area contributed by atoms with Crippen molar-refractivity contribution in [2.45, 2.75) is 290 Å². The molecule has 0 radical (unpaired) electrons. The molecule has 139 heavy (non-hydrogen) atoms. The zero-order chi connectivity index (χ0) is 101. The van der Waals surface area contributed by atoms with Crippen molar-refractivity contribution in [1.29, 1.82) is 0 Å². The summed E-state index contributed by atoms with van der Waals surface area (Å²) in [5, 5.41) is 2.04. The molecule has 5 unspecified atom stereocenters. The lowest BCUT2D eigenvalue weighted by Gasteiger charge is -2.41. The Balaban J connectivity index is 0.916. The van der Waals surface area contributed by atoms with Crippen LogP contribution in [-0.4, -0.2) is 180 Å². The molecule has 0 aliphatic carbocycles. The van der Waals surface area contributed by atoms with E-state index in [9.17, 15) is 38.4 Å². The van der Waals surface area contributed by atoms with Crippen LogP contribution in [0, 0.1) is 46.8 Å². The van der Waals surface area contributed by atoms with E-state index in [1.54, 1.807) is 51.1 Å². The number of nitrogens with zero attached hydrogens (tertiary/aromatic N) is 8. The van der Waals surface area contributed by atoms with Crippen molar-refractivity contribution in [3.8, 4) is 17.2 Å². The summed E-state index contributed by atoms with van der Waals surface area (Å²) in [6, 6.07) is 26.7. The van der Waals surface area contributed by atoms with Gasteiger partial charge in [0, 0.05) is 54.3 Å². The molecule has 1 amide bonds. The number of nitrogens with one attached hydrogen (secondary N) is 3. The summed E-state index contributed by atoms with van der Waals surface area (Å²) in [4.78, 5) is 146. The van der Waals surface area contributed by atoms with E-state index in [1.807, 2.05) is 95.4 Å². The van der Waals surface area contributed by atoms with Gasteiger partial charge in [0.2, 0.25) is 24.9 Å². The summed E-state index contributed by atoms with van der Waals surface area (Å²) in [7, 11) is -10.9. The van der Waals surface area contributed by atoms with Gasteiger partial charge in [0.1, 0.15) is 97.0 Å². The molecule has 0 bridgehead atoms. The van der Waals surface area contributed by atoms with E-state index in [2.05, 4.69) is 36.9 Å². The topological polar surface area (TPSA) is 424 Å². The van der Waals surface area contributed by atoms with Crippen LogP contribution in [-0.2, 0) is 84.4 Å². The van der Waals surface area contributed by atoms with Crippen LogP contribution >= 0.6 is 15.6 Å². The zero-order valence-electron chi connectivity index (χ0n) is 82.1. The highest BCUT2D eigenvalue weighted by Gasteiger charge is 2.57. The molecule has 3 saturated heterocycles. The number of Topliss-reactive ketones (excluding diaryl/α,β-unsaturated/α-hetero) is 1. The molecule has 754 valence electrons. The number of ketones is 1. The number of esters is 1. The number of benzene rings is 4. The van der Waals surface area contributed by atoms with Crippen LogP contribution in [0.2, 0.25) is 18.1 Å². The van der Waals surface area contributed by atoms with Gasteiger partial charge in [-0.2, -0.15) is 9.55 Å². The maximum Gasteiger partial charge on any atom is 0.475 e. The lowest BCUT2D eigenvalue weighted by Crippen LogP contribution is -2.49. The van der Waals surface area contributed by atoms with Gasteiger partial charge >= 0.3 is 33.0 Å². The minimum absolute atomic E-state index is 0.0261. The zero-order valence-corrected chi connectivity index (χ0v) is 84.9. The van der Waals surface area contributed by atoms with E-state index in [1.165, 1.54) is 141 Å². The fourth-order valence-electron chi connectivity index (χ4n) is 16.5. The average Bonchev–Trinajstić information content (AvgIpc) is 1.71. The van der Waals surface area contributed by atoms with E-state index in [0.29, 0.717) is 50.7 Å². The fourth-order valence-corrected chi connectivity index (χ4v) is 20.6. The van der Waals surface area contributed by atoms with Gasteiger partial charge < -0.3 is 56.8 Å². The molecular weight excluding hydrogens is 1850 g/mol. The number of rotatable bonds is 54. The minimum atomic E-state index is -5.41. The monoisotopic (exact) mass is 1980 g/mol.